The summed E-state index contributed by atoms with van der Waals surface area (Å²) in [5, 5.41) is 0. The van der Waals surface area contributed by atoms with Crippen LogP contribution in [0.2, 0.25) is 0 Å². The van der Waals surface area contributed by atoms with Crippen molar-refractivity contribution in [1.82, 2.24) is 9.80 Å². The molecule has 6 nitrogen and oxygen atoms in total. The predicted octanol–water partition coefficient (Wildman–Crippen LogP) is 1.22. The minimum absolute atomic E-state index is 0.158. The van der Waals surface area contributed by atoms with Gasteiger partial charge in [0.1, 0.15) is 12.1 Å². The summed E-state index contributed by atoms with van der Waals surface area (Å²) in [5.74, 6) is -0.357. The maximum absolute atomic E-state index is 12.7. The van der Waals surface area contributed by atoms with Gasteiger partial charge in [-0.2, -0.15) is 0 Å². The Kier molecular flexibility index (Phi) is 2.92. The van der Waals surface area contributed by atoms with E-state index in [1.807, 2.05) is 30.3 Å². The number of urea groups is 1. The van der Waals surface area contributed by atoms with Crippen molar-refractivity contribution < 1.29 is 14.4 Å². The van der Waals surface area contributed by atoms with Crippen molar-refractivity contribution >= 4 is 23.5 Å². The zero-order valence-corrected chi connectivity index (χ0v) is 12.1. The van der Waals surface area contributed by atoms with Crippen LogP contribution in [0.25, 0.3) is 0 Å². The van der Waals surface area contributed by atoms with Crippen LogP contribution >= 0.6 is 0 Å². The molecule has 0 aliphatic carbocycles. The van der Waals surface area contributed by atoms with Crippen LogP contribution in [0.1, 0.15) is 19.3 Å². The molecule has 0 bridgehead atoms. The summed E-state index contributed by atoms with van der Waals surface area (Å²) in [6.07, 6.45) is 2.08. The van der Waals surface area contributed by atoms with E-state index in [4.69, 9.17) is 0 Å². The summed E-state index contributed by atoms with van der Waals surface area (Å²) in [4.78, 5) is 42.0. The number of amides is 4. The first kappa shape index (κ1) is 13.3. The number of hydrogen-bond acceptors (Lipinski definition) is 3. The van der Waals surface area contributed by atoms with Crippen LogP contribution in [0.5, 0.6) is 0 Å². The number of imide groups is 1. The van der Waals surface area contributed by atoms with Crippen LogP contribution in [0.15, 0.2) is 30.3 Å². The van der Waals surface area contributed by atoms with E-state index in [0.717, 1.165) is 12.1 Å². The van der Waals surface area contributed by atoms with E-state index < -0.39 is 6.04 Å². The number of carbonyl (C=O) groups is 3. The maximum atomic E-state index is 12.7. The summed E-state index contributed by atoms with van der Waals surface area (Å²) >= 11 is 0. The molecule has 0 aromatic heterocycles. The Labute approximate surface area is 128 Å². The highest BCUT2D eigenvalue weighted by molar-refractivity contribution is 6.10. The molecule has 1 aromatic rings. The standard InChI is InChI=1S/C16H17N3O3/c20-14-13(8-10-17(14)11-5-2-1-3-6-11)19-15(21)12-7-4-9-18(12)16(19)22/h1-3,5-6,12-13H,4,7-10H2/t12-,13-/m0/s1. The Hall–Kier alpha value is -2.37. The van der Waals surface area contributed by atoms with Crippen LogP contribution in [0.3, 0.4) is 0 Å². The largest absolute Gasteiger partial charge is 0.328 e. The fraction of sp³-hybridized carbons (Fsp3) is 0.438. The quantitative estimate of drug-likeness (QED) is 0.771. The van der Waals surface area contributed by atoms with Crippen molar-refractivity contribution in [1.29, 1.82) is 0 Å². The molecule has 6 heteroatoms. The van der Waals surface area contributed by atoms with Crippen LogP contribution < -0.4 is 4.90 Å². The third-order valence-corrected chi connectivity index (χ3v) is 4.78. The van der Waals surface area contributed by atoms with Gasteiger partial charge in [-0.05, 0) is 31.4 Å². The molecule has 4 rings (SSSR count). The number of hydrogen-bond donors (Lipinski definition) is 0. The summed E-state index contributed by atoms with van der Waals surface area (Å²) in [6.45, 7) is 1.16. The molecule has 0 radical (unpaired) electrons. The van der Waals surface area contributed by atoms with Gasteiger partial charge in [-0.3, -0.25) is 9.59 Å². The van der Waals surface area contributed by atoms with E-state index in [1.54, 1.807) is 9.80 Å². The molecule has 0 N–H and O–H groups in total. The Morgan fingerprint density at radius 3 is 2.36 bits per heavy atom. The van der Waals surface area contributed by atoms with Crippen molar-refractivity contribution in [3.05, 3.63) is 30.3 Å². The smallest absolute Gasteiger partial charge is 0.312 e. The molecule has 3 aliphatic rings. The van der Waals surface area contributed by atoms with Crippen LogP contribution in [0, 0.1) is 0 Å². The lowest BCUT2D eigenvalue weighted by atomic mass is 10.1. The number of rotatable bonds is 2. The molecule has 114 valence electrons. The van der Waals surface area contributed by atoms with E-state index in [2.05, 4.69) is 0 Å². The van der Waals surface area contributed by atoms with Crippen molar-refractivity contribution in [3.63, 3.8) is 0 Å². The minimum Gasteiger partial charge on any atom is -0.312 e. The molecule has 0 saturated carbocycles. The fourth-order valence-corrected chi connectivity index (χ4v) is 3.70. The number of benzene rings is 1. The second-order valence-corrected chi connectivity index (χ2v) is 5.97. The summed E-state index contributed by atoms with van der Waals surface area (Å²) in [6, 6.07) is 8.09. The second-order valence-electron chi connectivity index (χ2n) is 5.97. The Morgan fingerprint density at radius 2 is 1.64 bits per heavy atom. The number of carbonyl (C=O) groups excluding carboxylic acids is 3. The van der Waals surface area contributed by atoms with Gasteiger partial charge in [-0.1, -0.05) is 18.2 Å². The SMILES string of the molecule is O=C1[C@@H](N2C(=O)[C@@H]3CCCN3C2=O)CCN1c1ccccc1. The van der Waals surface area contributed by atoms with Gasteiger partial charge < -0.3 is 9.80 Å². The second kappa shape index (κ2) is 4.83. The lowest BCUT2D eigenvalue weighted by Crippen LogP contribution is -2.46. The van der Waals surface area contributed by atoms with Gasteiger partial charge >= 0.3 is 6.03 Å². The average Bonchev–Trinajstić information content (AvgIpc) is 3.20. The molecule has 0 unspecified atom stereocenters. The van der Waals surface area contributed by atoms with Gasteiger partial charge in [0.15, 0.2) is 0 Å². The Balaban J connectivity index is 1.59. The van der Waals surface area contributed by atoms with Gasteiger partial charge in [0.25, 0.3) is 5.91 Å². The molecular formula is C16H17N3O3. The summed E-state index contributed by atoms with van der Waals surface area (Å²) in [7, 11) is 0. The molecule has 3 aliphatic heterocycles. The molecule has 3 saturated heterocycles. The van der Waals surface area contributed by atoms with Crippen LogP contribution in [0.4, 0.5) is 10.5 Å². The first-order valence-corrected chi connectivity index (χ1v) is 7.68. The number of para-hydroxylation sites is 1. The van der Waals surface area contributed by atoms with E-state index in [-0.39, 0.29) is 23.9 Å². The van der Waals surface area contributed by atoms with E-state index >= 15 is 0 Å². The van der Waals surface area contributed by atoms with Gasteiger partial charge in [-0.25, -0.2) is 9.69 Å². The Bertz CT molecular complexity index is 623. The third kappa shape index (κ3) is 1.76. The van der Waals surface area contributed by atoms with Crippen LogP contribution in [-0.4, -0.2) is 52.8 Å². The molecule has 0 spiro atoms. The molecule has 4 amide bonds. The predicted molar refractivity (Wildman–Crippen MR) is 79.2 cm³/mol. The van der Waals surface area contributed by atoms with Crippen LogP contribution in [-0.2, 0) is 9.59 Å². The van der Waals surface area contributed by atoms with Gasteiger partial charge in [-0.15, -0.1) is 0 Å². The minimum atomic E-state index is -0.647. The van der Waals surface area contributed by atoms with Crippen molar-refractivity contribution in [2.45, 2.75) is 31.3 Å². The lowest BCUT2D eigenvalue weighted by Gasteiger charge is -2.22. The van der Waals surface area contributed by atoms with E-state index in [0.29, 0.717) is 25.9 Å². The van der Waals surface area contributed by atoms with Gasteiger partial charge in [0, 0.05) is 18.8 Å². The molecular weight excluding hydrogens is 282 g/mol. The highest BCUT2D eigenvalue weighted by Crippen LogP contribution is 2.32. The zero-order valence-electron chi connectivity index (χ0n) is 12.1. The molecule has 2 atom stereocenters. The third-order valence-electron chi connectivity index (χ3n) is 4.78. The van der Waals surface area contributed by atoms with Crippen molar-refractivity contribution in [3.8, 4) is 0 Å². The molecule has 3 fully saturated rings. The number of anilines is 1. The van der Waals surface area contributed by atoms with Gasteiger partial charge in [0.05, 0.1) is 0 Å². The summed E-state index contributed by atoms with van der Waals surface area (Å²) < 4.78 is 0. The fourth-order valence-electron chi connectivity index (χ4n) is 3.70. The Morgan fingerprint density at radius 1 is 0.864 bits per heavy atom. The van der Waals surface area contributed by atoms with Gasteiger partial charge in [0.2, 0.25) is 5.91 Å². The molecule has 1 aromatic carbocycles. The lowest BCUT2D eigenvalue weighted by molar-refractivity contribution is -0.133. The first-order chi connectivity index (χ1) is 10.7. The monoisotopic (exact) mass is 299 g/mol. The topological polar surface area (TPSA) is 60.9 Å². The normalized spacial score (nSPS) is 28.0. The summed E-state index contributed by atoms with van der Waals surface area (Å²) in [5.41, 5.74) is 0.814. The molecule has 22 heavy (non-hydrogen) atoms. The van der Waals surface area contributed by atoms with E-state index in [1.165, 1.54) is 4.90 Å². The molecule has 3 heterocycles. The number of fused-ring (bicyclic) bond motifs is 1. The average molecular weight is 299 g/mol. The highest BCUT2D eigenvalue weighted by atomic mass is 16.2. The van der Waals surface area contributed by atoms with Crippen molar-refractivity contribution in [2.75, 3.05) is 18.0 Å². The number of nitrogens with zero attached hydrogens (tertiary/aromatic N) is 3. The van der Waals surface area contributed by atoms with Crippen molar-refractivity contribution in [2.24, 2.45) is 0 Å². The van der Waals surface area contributed by atoms with E-state index in [9.17, 15) is 14.4 Å². The maximum Gasteiger partial charge on any atom is 0.328 e. The zero-order chi connectivity index (χ0) is 15.3. The highest BCUT2D eigenvalue weighted by Gasteiger charge is 2.53. The first-order valence-electron chi connectivity index (χ1n) is 7.68.